The second kappa shape index (κ2) is 7.16. The Balaban J connectivity index is 2.71. The molecule has 0 spiro atoms. The average molecular weight is 260 g/mol. The molecule has 0 fully saturated rings. The number of hydrogen-bond donors (Lipinski definition) is 0. The predicted octanol–water partition coefficient (Wildman–Crippen LogP) is 3.74. The fourth-order valence-corrected chi connectivity index (χ4v) is 2.07. The molecule has 0 N–H and O–H groups in total. The first kappa shape index (κ1) is 13.8. The molecule has 0 saturated carbocycles. The van der Waals surface area contributed by atoms with Crippen LogP contribution in [-0.4, -0.2) is 28.7 Å². The number of nitrogens with zero attached hydrogens (tertiary/aromatic N) is 1. The van der Waals surface area contributed by atoms with Gasteiger partial charge < -0.3 is 0 Å². The molecular weight excluding hydrogens is 241 g/mol. The van der Waals surface area contributed by atoms with Crippen molar-refractivity contribution in [1.29, 1.82) is 0 Å². The summed E-state index contributed by atoms with van der Waals surface area (Å²) in [6.07, 6.45) is 0. The molecule has 90 valence electrons. The molecule has 0 aliphatic rings. The first-order chi connectivity index (χ1) is 7.69. The molecule has 0 bridgehead atoms. The molecule has 1 nitrogen and oxygen atoms in total. The van der Waals surface area contributed by atoms with Gasteiger partial charge in [0.25, 0.3) is 0 Å². The third-order valence-electron chi connectivity index (χ3n) is 2.79. The van der Waals surface area contributed by atoms with E-state index >= 15 is 0 Å². The second-order valence-corrected chi connectivity index (χ2v) is 4.78. The summed E-state index contributed by atoms with van der Waals surface area (Å²) in [5.41, 5.74) is 1.30. The molecule has 1 rings (SSSR count). The van der Waals surface area contributed by atoms with E-state index in [1.165, 1.54) is 5.56 Å². The Morgan fingerprint density at radius 1 is 1.00 bits per heavy atom. The molecule has 2 unspecified atom stereocenters. The van der Waals surface area contributed by atoms with Gasteiger partial charge in [-0.05, 0) is 19.4 Å². The third kappa shape index (κ3) is 3.97. The van der Waals surface area contributed by atoms with Crippen LogP contribution in [0.5, 0.6) is 0 Å². The van der Waals surface area contributed by atoms with E-state index < -0.39 is 0 Å². The molecule has 1 aromatic rings. The zero-order valence-electron chi connectivity index (χ0n) is 9.87. The topological polar surface area (TPSA) is 3.24 Å². The van der Waals surface area contributed by atoms with E-state index in [1.807, 2.05) is 6.07 Å². The van der Waals surface area contributed by atoms with Crippen LogP contribution in [0, 0.1) is 0 Å². The lowest BCUT2D eigenvalue weighted by Gasteiger charge is -2.32. The van der Waals surface area contributed by atoms with Gasteiger partial charge >= 0.3 is 0 Å². The molecule has 0 amide bonds. The SMILES string of the molecule is CC(CCl)N(Cc1ccccc1)C(C)CCl. The minimum absolute atomic E-state index is 0.343. The second-order valence-electron chi connectivity index (χ2n) is 4.16. The summed E-state index contributed by atoms with van der Waals surface area (Å²) in [4.78, 5) is 2.34. The van der Waals surface area contributed by atoms with E-state index in [0.29, 0.717) is 23.8 Å². The smallest absolute Gasteiger partial charge is 0.0377 e. The van der Waals surface area contributed by atoms with Crippen LogP contribution in [0.3, 0.4) is 0 Å². The van der Waals surface area contributed by atoms with Crippen LogP contribution in [0.4, 0.5) is 0 Å². The zero-order chi connectivity index (χ0) is 12.0. The molecule has 2 atom stereocenters. The third-order valence-corrected chi connectivity index (χ3v) is 3.68. The molecule has 0 aliphatic carbocycles. The van der Waals surface area contributed by atoms with Crippen molar-refractivity contribution >= 4 is 23.2 Å². The summed E-state index contributed by atoms with van der Waals surface area (Å²) >= 11 is 11.9. The summed E-state index contributed by atoms with van der Waals surface area (Å²) in [6, 6.07) is 11.1. The van der Waals surface area contributed by atoms with Gasteiger partial charge in [0.15, 0.2) is 0 Å². The first-order valence-corrected chi connectivity index (χ1v) is 6.67. The summed E-state index contributed by atoms with van der Waals surface area (Å²) in [7, 11) is 0. The monoisotopic (exact) mass is 259 g/mol. The van der Waals surface area contributed by atoms with E-state index in [0.717, 1.165) is 6.54 Å². The Labute approximate surface area is 108 Å². The van der Waals surface area contributed by atoms with Gasteiger partial charge in [0.1, 0.15) is 0 Å². The van der Waals surface area contributed by atoms with Gasteiger partial charge in [-0.2, -0.15) is 0 Å². The standard InChI is InChI=1S/C13H19Cl2N/c1-11(8-14)16(12(2)9-15)10-13-6-4-3-5-7-13/h3-7,11-12H,8-10H2,1-2H3. The molecule has 1 aromatic carbocycles. The fraction of sp³-hybridized carbons (Fsp3) is 0.538. The number of alkyl halides is 2. The molecule has 3 heteroatoms. The van der Waals surface area contributed by atoms with Crippen molar-refractivity contribution in [3.8, 4) is 0 Å². The maximum atomic E-state index is 5.93. The maximum Gasteiger partial charge on any atom is 0.0377 e. The zero-order valence-corrected chi connectivity index (χ0v) is 11.4. The van der Waals surface area contributed by atoms with Crippen LogP contribution < -0.4 is 0 Å². The number of hydrogen-bond acceptors (Lipinski definition) is 1. The number of rotatable bonds is 6. The van der Waals surface area contributed by atoms with Gasteiger partial charge in [-0.3, -0.25) is 4.90 Å². The summed E-state index contributed by atoms with van der Waals surface area (Å²) in [5.74, 6) is 1.27. The van der Waals surface area contributed by atoms with E-state index in [9.17, 15) is 0 Å². The Morgan fingerprint density at radius 2 is 1.50 bits per heavy atom. The lowest BCUT2D eigenvalue weighted by atomic mass is 10.1. The summed E-state index contributed by atoms with van der Waals surface area (Å²) in [5, 5.41) is 0. The highest BCUT2D eigenvalue weighted by molar-refractivity contribution is 6.18. The minimum atomic E-state index is 0.343. The van der Waals surface area contributed by atoms with E-state index in [-0.39, 0.29) is 0 Å². The highest BCUT2D eigenvalue weighted by Crippen LogP contribution is 2.14. The molecule has 16 heavy (non-hydrogen) atoms. The Kier molecular flexibility index (Phi) is 6.18. The van der Waals surface area contributed by atoms with Crippen molar-refractivity contribution in [1.82, 2.24) is 4.90 Å². The van der Waals surface area contributed by atoms with Gasteiger partial charge in [-0.25, -0.2) is 0 Å². The highest BCUT2D eigenvalue weighted by Gasteiger charge is 2.18. The molecular formula is C13H19Cl2N. The summed E-state index contributed by atoms with van der Waals surface area (Å²) in [6.45, 7) is 5.18. The van der Waals surface area contributed by atoms with Crippen LogP contribution in [0.1, 0.15) is 19.4 Å². The van der Waals surface area contributed by atoms with Crippen molar-refractivity contribution in [2.24, 2.45) is 0 Å². The fourth-order valence-electron chi connectivity index (χ4n) is 1.72. The van der Waals surface area contributed by atoms with Crippen LogP contribution in [-0.2, 0) is 6.54 Å². The predicted molar refractivity (Wildman–Crippen MR) is 72.3 cm³/mol. The summed E-state index contributed by atoms with van der Waals surface area (Å²) < 4.78 is 0. The first-order valence-electron chi connectivity index (χ1n) is 5.60. The van der Waals surface area contributed by atoms with Gasteiger partial charge in [0.2, 0.25) is 0 Å². The Morgan fingerprint density at radius 3 is 1.94 bits per heavy atom. The van der Waals surface area contributed by atoms with Gasteiger partial charge in [-0.15, -0.1) is 23.2 Å². The average Bonchev–Trinajstić information content (AvgIpc) is 2.35. The molecule has 0 heterocycles. The molecule has 0 aromatic heterocycles. The van der Waals surface area contributed by atoms with E-state index in [2.05, 4.69) is 43.0 Å². The Bertz CT molecular complexity index is 279. The van der Waals surface area contributed by atoms with Crippen LogP contribution in [0.15, 0.2) is 30.3 Å². The van der Waals surface area contributed by atoms with E-state index in [4.69, 9.17) is 23.2 Å². The molecule has 0 saturated heterocycles. The molecule has 0 aliphatic heterocycles. The maximum absolute atomic E-state index is 5.93. The van der Waals surface area contributed by atoms with Crippen molar-refractivity contribution in [2.75, 3.05) is 11.8 Å². The van der Waals surface area contributed by atoms with Gasteiger partial charge in [0.05, 0.1) is 0 Å². The number of benzene rings is 1. The van der Waals surface area contributed by atoms with Gasteiger partial charge in [0, 0.05) is 30.4 Å². The van der Waals surface area contributed by atoms with Crippen molar-refractivity contribution in [3.05, 3.63) is 35.9 Å². The highest BCUT2D eigenvalue weighted by atomic mass is 35.5. The molecule has 0 radical (unpaired) electrons. The minimum Gasteiger partial charge on any atom is -0.291 e. The van der Waals surface area contributed by atoms with Crippen molar-refractivity contribution in [2.45, 2.75) is 32.5 Å². The normalized spacial score (nSPS) is 15.1. The number of halogens is 2. The lowest BCUT2D eigenvalue weighted by Crippen LogP contribution is -2.41. The van der Waals surface area contributed by atoms with Gasteiger partial charge in [-0.1, -0.05) is 30.3 Å². The van der Waals surface area contributed by atoms with Crippen LogP contribution in [0.25, 0.3) is 0 Å². The largest absolute Gasteiger partial charge is 0.291 e. The lowest BCUT2D eigenvalue weighted by molar-refractivity contribution is 0.170. The van der Waals surface area contributed by atoms with Crippen LogP contribution >= 0.6 is 23.2 Å². The quantitative estimate of drug-likeness (QED) is 0.704. The Hall–Kier alpha value is -0.240. The van der Waals surface area contributed by atoms with Crippen molar-refractivity contribution in [3.63, 3.8) is 0 Å². The van der Waals surface area contributed by atoms with E-state index in [1.54, 1.807) is 0 Å². The van der Waals surface area contributed by atoms with Crippen LogP contribution in [0.2, 0.25) is 0 Å². The van der Waals surface area contributed by atoms with Crippen molar-refractivity contribution < 1.29 is 0 Å².